The lowest BCUT2D eigenvalue weighted by atomic mass is 10.1. The van der Waals surface area contributed by atoms with E-state index in [1.165, 1.54) is 10.9 Å². The summed E-state index contributed by atoms with van der Waals surface area (Å²) in [6.45, 7) is 7.58. The summed E-state index contributed by atoms with van der Waals surface area (Å²) < 4.78 is 13.5. The second-order valence-electron chi connectivity index (χ2n) is 7.62. The molecule has 0 radical (unpaired) electrons. The van der Waals surface area contributed by atoms with E-state index in [0.717, 1.165) is 10.9 Å². The molecule has 0 spiro atoms. The molecule has 0 aliphatic heterocycles. The van der Waals surface area contributed by atoms with E-state index < -0.39 is 12.1 Å². The van der Waals surface area contributed by atoms with Gasteiger partial charge < -0.3 is 9.47 Å². The van der Waals surface area contributed by atoms with E-state index in [9.17, 15) is 9.59 Å². The molecule has 34 heavy (non-hydrogen) atoms. The third-order valence-corrected chi connectivity index (χ3v) is 6.45. The lowest BCUT2D eigenvalue weighted by molar-refractivity contribution is -0.150. The fraction of sp³-hybridized carbons (Fsp3) is 0.333. The number of hydrogen-bond acceptors (Lipinski definition) is 6. The minimum Gasteiger partial charge on any atom is -0.477 e. The topological polar surface area (TPSA) is 82.8 Å². The highest BCUT2D eigenvalue weighted by molar-refractivity contribution is 9.10. The van der Waals surface area contributed by atoms with Crippen LogP contribution in [0.4, 0.5) is 0 Å². The van der Waals surface area contributed by atoms with Gasteiger partial charge in [-0.2, -0.15) is 9.78 Å². The van der Waals surface area contributed by atoms with Crippen molar-refractivity contribution < 1.29 is 14.3 Å². The van der Waals surface area contributed by atoms with E-state index in [4.69, 9.17) is 26.1 Å². The molecule has 0 aliphatic carbocycles. The van der Waals surface area contributed by atoms with Crippen molar-refractivity contribution in [1.29, 1.82) is 0 Å². The van der Waals surface area contributed by atoms with Crippen molar-refractivity contribution in [3.63, 3.8) is 0 Å². The number of esters is 1. The van der Waals surface area contributed by atoms with Crippen LogP contribution < -0.4 is 10.3 Å². The molecule has 0 amide bonds. The average molecular weight is 614 g/mol. The van der Waals surface area contributed by atoms with Gasteiger partial charge in [0.1, 0.15) is 11.6 Å². The lowest BCUT2D eigenvalue weighted by Gasteiger charge is -2.17. The molecule has 180 valence electrons. The lowest BCUT2D eigenvalue weighted by Crippen LogP contribution is -2.26. The third kappa shape index (κ3) is 5.87. The normalized spacial score (nSPS) is 13.3. The summed E-state index contributed by atoms with van der Waals surface area (Å²) in [5.41, 5.74) is 0.793. The molecular formula is C24H24Br2ClN3O4. The predicted octanol–water partition coefficient (Wildman–Crippen LogP) is 6.30. The van der Waals surface area contributed by atoms with Gasteiger partial charge in [0.2, 0.25) is 0 Å². The predicted molar refractivity (Wildman–Crippen MR) is 141 cm³/mol. The molecule has 0 bridgehead atoms. The molecule has 2 aromatic carbocycles. The molecular weight excluding hydrogens is 590 g/mol. The van der Waals surface area contributed by atoms with Crippen LogP contribution in [0.5, 0.6) is 5.75 Å². The monoisotopic (exact) mass is 611 g/mol. The van der Waals surface area contributed by atoms with Gasteiger partial charge in [-0.1, -0.05) is 41.4 Å². The van der Waals surface area contributed by atoms with E-state index >= 15 is 0 Å². The van der Waals surface area contributed by atoms with E-state index in [2.05, 4.69) is 37.0 Å². The Balaban J connectivity index is 2.13. The first kappa shape index (κ1) is 26.4. The van der Waals surface area contributed by atoms with Crippen LogP contribution in [-0.2, 0) is 9.53 Å². The van der Waals surface area contributed by atoms with Crippen LogP contribution in [0.2, 0.25) is 5.02 Å². The van der Waals surface area contributed by atoms with Crippen LogP contribution in [0.15, 0.2) is 49.2 Å². The summed E-state index contributed by atoms with van der Waals surface area (Å²) in [5, 5.41) is 5.35. The molecule has 0 unspecified atom stereocenters. The van der Waals surface area contributed by atoms with Gasteiger partial charge in [-0.15, -0.1) is 0 Å². The van der Waals surface area contributed by atoms with Gasteiger partial charge in [-0.05, 0) is 66.5 Å². The number of carbonyl (C=O) groups excluding carboxylic acids is 1. The molecule has 7 nitrogen and oxygen atoms in total. The number of ether oxygens (including phenoxy) is 2. The quantitative estimate of drug-likeness (QED) is 0.220. The zero-order chi connectivity index (χ0) is 25.0. The zero-order valence-corrected chi connectivity index (χ0v) is 23.1. The zero-order valence-electron chi connectivity index (χ0n) is 19.1. The second kappa shape index (κ2) is 11.5. The maximum absolute atomic E-state index is 13.4. The Morgan fingerprint density at radius 2 is 1.97 bits per heavy atom. The number of nitrogens with zero attached hydrogens (tertiary/aromatic N) is 3. The Labute approximate surface area is 219 Å². The Hall–Kier alpha value is -2.23. The van der Waals surface area contributed by atoms with Gasteiger partial charge in [-0.25, -0.2) is 9.78 Å². The van der Waals surface area contributed by atoms with Crippen molar-refractivity contribution in [3.05, 3.63) is 66.0 Å². The second-order valence-corrected chi connectivity index (χ2v) is 9.83. The molecule has 3 aromatic rings. The van der Waals surface area contributed by atoms with Crippen LogP contribution in [0.25, 0.3) is 10.9 Å². The summed E-state index contributed by atoms with van der Waals surface area (Å²) in [6, 6.07) is 8.67. The van der Waals surface area contributed by atoms with E-state index in [-0.39, 0.29) is 18.1 Å². The summed E-state index contributed by atoms with van der Waals surface area (Å²) in [6.07, 6.45) is 1.39. The fourth-order valence-electron chi connectivity index (χ4n) is 3.18. The van der Waals surface area contributed by atoms with Gasteiger partial charge >= 0.3 is 5.97 Å². The van der Waals surface area contributed by atoms with Gasteiger partial charge in [-0.3, -0.25) is 4.79 Å². The molecule has 0 saturated carbocycles. The fourth-order valence-corrected chi connectivity index (χ4v) is 4.47. The first-order chi connectivity index (χ1) is 16.2. The number of benzene rings is 2. The minimum atomic E-state index is -0.859. The summed E-state index contributed by atoms with van der Waals surface area (Å²) in [4.78, 5) is 30.2. The van der Waals surface area contributed by atoms with Crippen molar-refractivity contribution in [3.8, 4) is 5.75 Å². The summed E-state index contributed by atoms with van der Waals surface area (Å²) >= 11 is 13.1. The molecule has 0 saturated heterocycles. The van der Waals surface area contributed by atoms with Crippen molar-refractivity contribution in [2.45, 2.75) is 46.1 Å². The van der Waals surface area contributed by atoms with Crippen LogP contribution in [0, 0.1) is 0 Å². The van der Waals surface area contributed by atoms with Gasteiger partial charge in [0, 0.05) is 21.0 Å². The molecule has 0 aliphatic rings. The standard InChI is InChI=1S/C24H24Br2ClN3O4/c1-5-13(3)22-29-20-8-7-16(25)10-18(20)23(31)30(22)28-12-15-9-17(27)11-19(26)21(15)34-14(4)24(32)33-6-2/h7-14H,5-6H2,1-4H3/t13-,14-/m1/s1. The summed E-state index contributed by atoms with van der Waals surface area (Å²) in [7, 11) is 0. The van der Waals surface area contributed by atoms with Crippen molar-refractivity contribution in [2.75, 3.05) is 6.61 Å². The molecule has 1 aromatic heterocycles. The van der Waals surface area contributed by atoms with Crippen LogP contribution in [0.1, 0.15) is 51.4 Å². The Morgan fingerprint density at radius 3 is 2.65 bits per heavy atom. The largest absolute Gasteiger partial charge is 0.477 e. The average Bonchev–Trinajstić information content (AvgIpc) is 2.80. The Bertz CT molecular complexity index is 1310. The molecule has 2 atom stereocenters. The maximum atomic E-state index is 13.4. The van der Waals surface area contributed by atoms with E-state index in [1.54, 1.807) is 38.1 Å². The van der Waals surface area contributed by atoms with E-state index in [1.807, 2.05) is 19.9 Å². The third-order valence-electron chi connectivity index (χ3n) is 5.15. The van der Waals surface area contributed by atoms with Crippen molar-refractivity contribution >= 4 is 66.5 Å². The first-order valence-electron chi connectivity index (χ1n) is 10.7. The highest BCUT2D eigenvalue weighted by atomic mass is 79.9. The number of fused-ring (bicyclic) bond motifs is 1. The van der Waals surface area contributed by atoms with Crippen LogP contribution in [-0.4, -0.2) is 34.6 Å². The first-order valence-corrected chi connectivity index (χ1v) is 12.7. The summed E-state index contributed by atoms with van der Waals surface area (Å²) in [5.74, 6) is 0.390. The number of halogens is 3. The van der Waals surface area contributed by atoms with Gasteiger partial charge in [0.25, 0.3) is 5.56 Å². The van der Waals surface area contributed by atoms with E-state index in [0.29, 0.717) is 37.5 Å². The van der Waals surface area contributed by atoms with Crippen LogP contribution >= 0.6 is 43.5 Å². The SMILES string of the molecule is CCOC(=O)[C@@H](C)Oc1c(Br)cc(Cl)cc1C=Nn1c([C@H](C)CC)nc2ccc(Br)cc2c1=O. The van der Waals surface area contributed by atoms with Gasteiger partial charge in [0.15, 0.2) is 6.10 Å². The molecule has 0 N–H and O–H groups in total. The molecule has 0 fully saturated rings. The van der Waals surface area contributed by atoms with Crippen LogP contribution in [0.3, 0.4) is 0 Å². The number of rotatable bonds is 8. The number of aromatic nitrogens is 2. The van der Waals surface area contributed by atoms with Crippen molar-refractivity contribution in [1.82, 2.24) is 9.66 Å². The van der Waals surface area contributed by atoms with Gasteiger partial charge in [0.05, 0.1) is 28.2 Å². The van der Waals surface area contributed by atoms with Crippen molar-refractivity contribution in [2.24, 2.45) is 5.10 Å². The molecule has 1 heterocycles. The highest BCUT2D eigenvalue weighted by Gasteiger charge is 2.20. The number of carbonyl (C=O) groups is 1. The number of hydrogen-bond donors (Lipinski definition) is 0. The Kier molecular flexibility index (Phi) is 8.89. The Morgan fingerprint density at radius 1 is 1.24 bits per heavy atom. The highest BCUT2D eigenvalue weighted by Crippen LogP contribution is 2.33. The molecule has 10 heteroatoms. The minimum absolute atomic E-state index is 0.0106. The smallest absolute Gasteiger partial charge is 0.347 e. The maximum Gasteiger partial charge on any atom is 0.347 e. The molecule has 3 rings (SSSR count).